The van der Waals surface area contributed by atoms with E-state index in [1.54, 1.807) is 0 Å². The first kappa shape index (κ1) is 18.3. The number of benzene rings is 1. The number of amides is 2. The Balaban J connectivity index is 1.31. The van der Waals surface area contributed by atoms with Gasteiger partial charge < -0.3 is 15.5 Å². The van der Waals surface area contributed by atoms with E-state index >= 15 is 0 Å². The average Bonchev–Trinajstić information content (AvgIpc) is 3.32. The molecular formula is C19H27N3O2S. The molecule has 1 aromatic carbocycles. The molecule has 0 aliphatic carbocycles. The highest BCUT2D eigenvalue weighted by atomic mass is 32.2. The van der Waals surface area contributed by atoms with Crippen LogP contribution in [0.25, 0.3) is 0 Å². The van der Waals surface area contributed by atoms with Gasteiger partial charge in [-0.05, 0) is 30.7 Å². The van der Waals surface area contributed by atoms with Gasteiger partial charge in [0.15, 0.2) is 0 Å². The smallest absolute Gasteiger partial charge is 0.240 e. The SMILES string of the molecule is O=C(CCCc1ccccc1)NCC1CNC(C(=O)N2CCSC2)C1. The lowest BCUT2D eigenvalue weighted by molar-refractivity contribution is -0.131. The van der Waals surface area contributed by atoms with Crippen LogP contribution in [-0.4, -0.2) is 54.0 Å². The van der Waals surface area contributed by atoms with Gasteiger partial charge in [0.1, 0.15) is 0 Å². The number of nitrogens with zero attached hydrogens (tertiary/aromatic N) is 1. The van der Waals surface area contributed by atoms with Crippen LogP contribution < -0.4 is 10.6 Å². The monoisotopic (exact) mass is 361 g/mol. The fourth-order valence-electron chi connectivity index (χ4n) is 3.41. The molecule has 3 rings (SSSR count). The molecule has 2 aliphatic rings. The molecule has 25 heavy (non-hydrogen) atoms. The molecule has 2 unspecified atom stereocenters. The molecule has 5 nitrogen and oxygen atoms in total. The van der Waals surface area contributed by atoms with Crippen LogP contribution in [0.15, 0.2) is 30.3 Å². The number of hydrogen-bond donors (Lipinski definition) is 2. The lowest BCUT2D eigenvalue weighted by atomic mass is 10.0. The molecule has 2 heterocycles. The Hall–Kier alpha value is -1.53. The van der Waals surface area contributed by atoms with Gasteiger partial charge in [-0.2, -0.15) is 0 Å². The van der Waals surface area contributed by atoms with Crippen molar-refractivity contribution in [2.24, 2.45) is 5.92 Å². The fourth-order valence-corrected chi connectivity index (χ4v) is 4.36. The van der Waals surface area contributed by atoms with Crippen molar-refractivity contribution in [2.75, 3.05) is 31.3 Å². The third kappa shape index (κ3) is 5.47. The molecule has 0 bridgehead atoms. The number of nitrogens with one attached hydrogen (secondary N) is 2. The van der Waals surface area contributed by atoms with E-state index in [0.717, 1.165) is 44.0 Å². The van der Waals surface area contributed by atoms with Gasteiger partial charge in [-0.25, -0.2) is 0 Å². The number of rotatable bonds is 7. The number of thioether (sulfide) groups is 1. The standard InChI is InChI=1S/C19H27N3O2S/c23-18(8-4-7-15-5-2-1-3-6-15)21-13-16-11-17(20-12-16)19(24)22-9-10-25-14-22/h1-3,5-6,16-17,20H,4,7-14H2,(H,21,23). The summed E-state index contributed by atoms with van der Waals surface area (Å²) in [5.74, 6) is 2.55. The molecule has 0 spiro atoms. The minimum absolute atomic E-state index is 0.0707. The van der Waals surface area contributed by atoms with Gasteiger partial charge in [0.2, 0.25) is 11.8 Å². The maximum Gasteiger partial charge on any atom is 0.240 e. The van der Waals surface area contributed by atoms with E-state index in [4.69, 9.17) is 0 Å². The van der Waals surface area contributed by atoms with E-state index < -0.39 is 0 Å². The van der Waals surface area contributed by atoms with Crippen molar-refractivity contribution in [3.63, 3.8) is 0 Å². The van der Waals surface area contributed by atoms with E-state index in [1.807, 2.05) is 34.9 Å². The predicted octanol–water partition coefficient (Wildman–Crippen LogP) is 1.64. The number of hydrogen-bond acceptors (Lipinski definition) is 4. The van der Waals surface area contributed by atoms with Gasteiger partial charge in [-0.15, -0.1) is 11.8 Å². The zero-order valence-electron chi connectivity index (χ0n) is 14.6. The van der Waals surface area contributed by atoms with Crippen molar-refractivity contribution in [1.29, 1.82) is 0 Å². The predicted molar refractivity (Wildman–Crippen MR) is 101 cm³/mol. The Morgan fingerprint density at radius 1 is 1.28 bits per heavy atom. The van der Waals surface area contributed by atoms with Gasteiger partial charge in [0.05, 0.1) is 11.9 Å². The summed E-state index contributed by atoms with van der Waals surface area (Å²) < 4.78 is 0. The van der Waals surface area contributed by atoms with Crippen LogP contribution in [0.2, 0.25) is 0 Å². The fraction of sp³-hybridized carbons (Fsp3) is 0.579. The lowest BCUT2D eigenvalue weighted by Gasteiger charge is -2.19. The van der Waals surface area contributed by atoms with Crippen LogP contribution in [0, 0.1) is 5.92 Å². The first-order chi connectivity index (χ1) is 12.2. The van der Waals surface area contributed by atoms with Gasteiger partial charge in [-0.3, -0.25) is 9.59 Å². The highest BCUT2D eigenvalue weighted by Crippen LogP contribution is 2.20. The number of carbonyl (C=O) groups is 2. The van der Waals surface area contributed by atoms with Crippen LogP contribution in [0.1, 0.15) is 24.8 Å². The third-order valence-electron chi connectivity index (χ3n) is 4.88. The van der Waals surface area contributed by atoms with Gasteiger partial charge in [-0.1, -0.05) is 30.3 Å². The molecule has 6 heteroatoms. The normalized spacial score (nSPS) is 23.0. The summed E-state index contributed by atoms with van der Waals surface area (Å²) in [6.45, 7) is 2.34. The molecule has 2 atom stereocenters. The van der Waals surface area contributed by atoms with Crippen molar-refractivity contribution in [3.05, 3.63) is 35.9 Å². The van der Waals surface area contributed by atoms with Crippen LogP contribution in [0.4, 0.5) is 0 Å². The second-order valence-electron chi connectivity index (χ2n) is 6.84. The van der Waals surface area contributed by atoms with Crippen LogP contribution in [0.5, 0.6) is 0 Å². The molecule has 1 aromatic rings. The van der Waals surface area contributed by atoms with Crippen LogP contribution in [0.3, 0.4) is 0 Å². The maximum atomic E-state index is 12.4. The molecule has 2 amide bonds. The average molecular weight is 362 g/mol. The second-order valence-corrected chi connectivity index (χ2v) is 7.92. The molecule has 2 saturated heterocycles. The van der Waals surface area contributed by atoms with Crippen LogP contribution in [-0.2, 0) is 16.0 Å². The number of aryl methyl sites for hydroxylation is 1. The van der Waals surface area contributed by atoms with E-state index in [0.29, 0.717) is 18.9 Å². The summed E-state index contributed by atoms with van der Waals surface area (Å²) in [4.78, 5) is 26.3. The Bertz CT molecular complexity index is 575. The first-order valence-electron chi connectivity index (χ1n) is 9.13. The zero-order chi connectivity index (χ0) is 17.5. The van der Waals surface area contributed by atoms with Crippen LogP contribution >= 0.6 is 11.8 Å². The Kier molecular flexibility index (Phi) is 6.76. The zero-order valence-corrected chi connectivity index (χ0v) is 15.4. The molecule has 2 fully saturated rings. The lowest BCUT2D eigenvalue weighted by Crippen LogP contribution is -2.42. The maximum absolute atomic E-state index is 12.4. The number of carbonyl (C=O) groups excluding carboxylic acids is 2. The summed E-state index contributed by atoms with van der Waals surface area (Å²) in [6, 6.07) is 10.2. The third-order valence-corrected chi connectivity index (χ3v) is 5.85. The summed E-state index contributed by atoms with van der Waals surface area (Å²) in [5.41, 5.74) is 1.27. The van der Waals surface area contributed by atoms with Crippen molar-refractivity contribution in [2.45, 2.75) is 31.7 Å². The van der Waals surface area contributed by atoms with Crippen molar-refractivity contribution >= 4 is 23.6 Å². The van der Waals surface area contributed by atoms with Gasteiger partial charge in [0.25, 0.3) is 0 Å². The van der Waals surface area contributed by atoms with Gasteiger partial charge >= 0.3 is 0 Å². The Labute approximate surface area is 153 Å². The summed E-state index contributed by atoms with van der Waals surface area (Å²) in [7, 11) is 0. The minimum atomic E-state index is -0.0707. The second kappa shape index (κ2) is 9.25. The largest absolute Gasteiger partial charge is 0.356 e. The van der Waals surface area contributed by atoms with Crippen molar-refractivity contribution < 1.29 is 9.59 Å². The summed E-state index contributed by atoms with van der Waals surface area (Å²) >= 11 is 1.81. The van der Waals surface area contributed by atoms with Gasteiger partial charge in [0, 0.05) is 31.8 Å². The summed E-state index contributed by atoms with van der Waals surface area (Å²) in [6.07, 6.45) is 3.18. The molecule has 2 aliphatic heterocycles. The Morgan fingerprint density at radius 3 is 2.88 bits per heavy atom. The highest BCUT2D eigenvalue weighted by Gasteiger charge is 2.33. The molecule has 0 aromatic heterocycles. The van der Waals surface area contributed by atoms with E-state index in [2.05, 4.69) is 22.8 Å². The van der Waals surface area contributed by atoms with E-state index in [1.165, 1.54) is 5.56 Å². The quantitative estimate of drug-likeness (QED) is 0.775. The molecular weight excluding hydrogens is 334 g/mol. The highest BCUT2D eigenvalue weighted by molar-refractivity contribution is 7.99. The first-order valence-corrected chi connectivity index (χ1v) is 10.3. The minimum Gasteiger partial charge on any atom is -0.356 e. The van der Waals surface area contributed by atoms with E-state index in [-0.39, 0.29) is 17.9 Å². The van der Waals surface area contributed by atoms with Crippen molar-refractivity contribution in [1.82, 2.24) is 15.5 Å². The molecule has 136 valence electrons. The molecule has 0 saturated carbocycles. The Morgan fingerprint density at radius 2 is 2.12 bits per heavy atom. The molecule has 0 radical (unpaired) electrons. The van der Waals surface area contributed by atoms with E-state index in [9.17, 15) is 9.59 Å². The summed E-state index contributed by atoms with van der Waals surface area (Å²) in [5, 5.41) is 6.35. The topological polar surface area (TPSA) is 61.4 Å². The van der Waals surface area contributed by atoms with Crippen molar-refractivity contribution in [3.8, 4) is 0 Å². The molecule has 2 N–H and O–H groups in total.